The number of phosphoric ester groups is 1. The van der Waals surface area contributed by atoms with E-state index in [1.54, 1.807) is 43.3 Å². The first kappa shape index (κ1) is 31.3. The van der Waals surface area contributed by atoms with Crippen LogP contribution in [0.15, 0.2) is 59.6 Å². The van der Waals surface area contributed by atoms with Crippen LogP contribution < -0.4 is 4.84 Å². The van der Waals surface area contributed by atoms with Gasteiger partial charge in [0.25, 0.3) is 0 Å². The zero-order valence-corrected chi connectivity index (χ0v) is 24.7. The number of nitrogens with zero attached hydrogens (tertiary/aromatic N) is 3. The van der Waals surface area contributed by atoms with Gasteiger partial charge < -0.3 is 14.6 Å². The van der Waals surface area contributed by atoms with Crippen molar-refractivity contribution in [3.8, 4) is 11.1 Å². The Morgan fingerprint density at radius 2 is 1.85 bits per heavy atom. The van der Waals surface area contributed by atoms with Crippen molar-refractivity contribution in [1.82, 2.24) is 14.6 Å². The van der Waals surface area contributed by atoms with E-state index in [1.165, 1.54) is 23.9 Å². The number of phosphoric acid groups is 1. The van der Waals surface area contributed by atoms with Crippen molar-refractivity contribution >= 4 is 51.2 Å². The van der Waals surface area contributed by atoms with Crippen molar-refractivity contribution in [3.63, 3.8) is 0 Å². The zero-order valence-electron chi connectivity index (χ0n) is 22.2. The number of halogens is 3. The summed E-state index contributed by atoms with van der Waals surface area (Å²) in [4.78, 5) is 28.8. The van der Waals surface area contributed by atoms with Gasteiger partial charge in [-0.25, -0.2) is 22.9 Å². The molecule has 0 saturated heterocycles. The first-order valence-corrected chi connectivity index (χ1v) is 16.2. The number of alkyl halides is 2. The van der Waals surface area contributed by atoms with Gasteiger partial charge in [-0.1, -0.05) is 49.7 Å². The minimum absolute atomic E-state index is 0.0515. The molecule has 0 fully saturated rings. The Bertz CT molecular complexity index is 1710. The summed E-state index contributed by atoms with van der Waals surface area (Å²) in [5, 5.41) is 1.58. The van der Waals surface area contributed by atoms with E-state index >= 15 is 0 Å². The highest BCUT2D eigenvalue weighted by atomic mass is 35.5. The summed E-state index contributed by atoms with van der Waals surface area (Å²) in [6, 6.07) is 10.2. The van der Waals surface area contributed by atoms with Gasteiger partial charge >= 0.3 is 13.9 Å². The van der Waals surface area contributed by atoms with Crippen molar-refractivity contribution in [3.05, 3.63) is 59.8 Å². The summed E-state index contributed by atoms with van der Waals surface area (Å²) < 4.78 is 71.5. The minimum Gasteiger partial charge on any atom is -0.411 e. The minimum atomic E-state index is -4.77. The topological polar surface area (TPSA) is 131 Å². The molecule has 222 valence electrons. The lowest BCUT2D eigenvalue weighted by molar-refractivity contribution is -0.161. The predicted molar refractivity (Wildman–Crippen MR) is 152 cm³/mol. The molecule has 2 aromatic carbocycles. The van der Waals surface area contributed by atoms with E-state index in [9.17, 15) is 21.8 Å². The summed E-state index contributed by atoms with van der Waals surface area (Å²) in [6.45, 7) is 1.56. The highest BCUT2D eigenvalue weighted by Gasteiger charge is 2.36. The molecule has 0 radical (unpaired) electrons. The number of benzene rings is 2. The molecular weight excluding hydrogens is 603 g/mol. The molecule has 4 rings (SSSR count). The van der Waals surface area contributed by atoms with Crippen LogP contribution in [0, 0.1) is 0 Å². The molecule has 2 heterocycles. The van der Waals surface area contributed by atoms with Gasteiger partial charge in [0.1, 0.15) is 6.61 Å². The first-order chi connectivity index (χ1) is 19.3. The Balaban J connectivity index is 1.68. The van der Waals surface area contributed by atoms with E-state index in [4.69, 9.17) is 26.2 Å². The van der Waals surface area contributed by atoms with Crippen molar-refractivity contribution < 1.29 is 40.9 Å². The molecule has 0 aliphatic heterocycles. The molecular formula is C26H29ClF2N3O7PS. The molecule has 0 unspecified atom stereocenters. The third-order valence-corrected chi connectivity index (χ3v) is 8.99. The van der Waals surface area contributed by atoms with E-state index in [-0.39, 0.29) is 17.2 Å². The normalized spacial score (nSPS) is 13.0. The van der Waals surface area contributed by atoms with Crippen molar-refractivity contribution in [1.29, 1.82) is 0 Å². The lowest BCUT2D eigenvalue weighted by Crippen LogP contribution is -2.44. The molecule has 0 atom stereocenters. The van der Waals surface area contributed by atoms with Crippen molar-refractivity contribution in [2.24, 2.45) is 0 Å². The fourth-order valence-electron chi connectivity index (χ4n) is 4.52. The smallest absolute Gasteiger partial charge is 0.411 e. The van der Waals surface area contributed by atoms with Gasteiger partial charge in [-0.15, -0.1) is 0 Å². The summed E-state index contributed by atoms with van der Waals surface area (Å²) in [6.07, 6.45) is 0.674. The Hall–Kier alpha value is -2.64. The second kappa shape index (κ2) is 12.3. The lowest BCUT2D eigenvalue weighted by Gasteiger charge is -2.30. The average molecular weight is 632 g/mol. The van der Waals surface area contributed by atoms with Crippen LogP contribution in [0.1, 0.15) is 20.3 Å². The summed E-state index contributed by atoms with van der Waals surface area (Å²) in [5.74, 6) is -0.0515. The van der Waals surface area contributed by atoms with Gasteiger partial charge in [-0.3, -0.25) is 4.52 Å². The van der Waals surface area contributed by atoms with Gasteiger partial charge in [0.2, 0.25) is 0 Å². The van der Waals surface area contributed by atoms with Gasteiger partial charge in [-0.05, 0) is 35.4 Å². The highest BCUT2D eigenvalue weighted by Crippen LogP contribution is 2.38. The maximum atomic E-state index is 15.0. The van der Waals surface area contributed by atoms with E-state index in [1.807, 2.05) is 6.07 Å². The number of hydrogen-bond donors (Lipinski definition) is 2. The second-order valence-electron chi connectivity index (χ2n) is 9.10. The number of sulfone groups is 1. The number of rotatable bonds is 13. The van der Waals surface area contributed by atoms with Gasteiger partial charge in [-0.2, -0.15) is 13.5 Å². The van der Waals surface area contributed by atoms with E-state index in [0.717, 1.165) is 4.90 Å². The fourth-order valence-corrected chi connectivity index (χ4v) is 5.92. The molecule has 41 heavy (non-hydrogen) atoms. The molecule has 0 aliphatic rings. The Kier molecular flexibility index (Phi) is 9.39. The van der Waals surface area contributed by atoms with Crippen LogP contribution in [-0.4, -0.2) is 70.9 Å². The van der Waals surface area contributed by atoms with E-state index in [2.05, 4.69) is 9.51 Å². The second-order valence-corrected chi connectivity index (χ2v) is 13.1. The number of hydrogen-bond acceptors (Lipinski definition) is 7. The number of aromatic nitrogens is 2. The van der Waals surface area contributed by atoms with Gasteiger partial charge in [0.05, 0.1) is 34.2 Å². The van der Waals surface area contributed by atoms with Crippen LogP contribution >= 0.6 is 19.4 Å². The number of pyridine rings is 1. The number of likely N-dealkylation sites (N-methyl/N-ethyl adjacent to an activating group) is 1. The Labute approximate surface area is 240 Å². The molecule has 4 aromatic rings. The molecule has 2 aromatic heterocycles. The van der Waals surface area contributed by atoms with Gasteiger partial charge in [0.15, 0.2) is 15.5 Å². The van der Waals surface area contributed by atoms with Crippen LogP contribution in [0.4, 0.5) is 8.78 Å². The lowest BCUT2D eigenvalue weighted by atomic mass is 10.00. The predicted octanol–water partition coefficient (Wildman–Crippen LogP) is 5.15. The van der Waals surface area contributed by atoms with Crippen LogP contribution in [-0.2, 0) is 18.9 Å². The quantitative estimate of drug-likeness (QED) is 0.152. The summed E-state index contributed by atoms with van der Waals surface area (Å²) >= 11 is 6.26. The Morgan fingerprint density at radius 3 is 2.54 bits per heavy atom. The molecule has 0 bridgehead atoms. The molecule has 0 saturated carbocycles. The maximum absolute atomic E-state index is 15.0. The van der Waals surface area contributed by atoms with Crippen molar-refractivity contribution in [2.75, 3.05) is 32.1 Å². The van der Waals surface area contributed by atoms with Crippen LogP contribution in [0.3, 0.4) is 0 Å². The number of fused-ring (bicyclic) bond motifs is 3. The van der Waals surface area contributed by atoms with Crippen LogP contribution in [0.2, 0.25) is 5.02 Å². The summed E-state index contributed by atoms with van der Waals surface area (Å²) in [5.41, 5.74) is 2.16. The average Bonchev–Trinajstić information content (AvgIpc) is 3.23. The third kappa shape index (κ3) is 7.06. The van der Waals surface area contributed by atoms with Crippen LogP contribution in [0.5, 0.6) is 0 Å². The summed E-state index contributed by atoms with van der Waals surface area (Å²) in [7, 11) is -8.23. The standard InChI is InChI=1S/C26H29ClF2N3O7PS/c1-3-31(12-14-39-40(33,34)35)26(28,29)11-13-38-32-23-10-6-9-21(24(23)22-16-19(27)17-30-25(22)32)18-7-5-8-20(15-18)41(36,37)4-2/h5-10,15-17H,3-4,11-14H2,1-2H3,(H2,33,34,35). The maximum Gasteiger partial charge on any atom is 0.469 e. The van der Waals surface area contributed by atoms with Crippen LogP contribution in [0.25, 0.3) is 33.1 Å². The largest absolute Gasteiger partial charge is 0.469 e. The molecule has 0 aliphatic carbocycles. The molecule has 10 nitrogen and oxygen atoms in total. The Morgan fingerprint density at radius 1 is 1.12 bits per heavy atom. The SMILES string of the molecule is CCN(CCOP(=O)(O)O)C(F)(F)CCOn1c2cccc(-c3cccc(S(=O)(=O)CC)c3)c2c2cc(Cl)cnc21. The fraction of sp³-hybridized carbons (Fsp3) is 0.346. The van der Waals surface area contributed by atoms with Crippen molar-refractivity contribution in [2.45, 2.75) is 31.2 Å². The van der Waals surface area contributed by atoms with E-state index in [0.29, 0.717) is 38.1 Å². The molecule has 0 amide bonds. The third-order valence-electron chi connectivity index (χ3n) is 6.53. The first-order valence-electron chi connectivity index (χ1n) is 12.7. The van der Waals surface area contributed by atoms with Gasteiger partial charge in [0, 0.05) is 30.1 Å². The van der Waals surface area contributed by atoms with E-state index < -0.39 is 49.9 Å². The zero-order chi connectivity index (χ0) is 30.0. The molecule has 0 spiro atoms. The monoisotopic (exact) mass is 631 g/mol. The molecule has 15 heteroatoms. The highest BCUT2D eigenvalue weighted by molar-refractivity contribution is 7.91. The molecule has 2 N–H and O–H groups in total.